The number of methoxy groups -OCH3 is 2. The molecule has 168 valence electrons. The Hall–Kier alpha value is -3.99. The lowest BCUT2D eigenvalue weighted by molar-refractivity contribution is -0.123. The molecule has 1 saturated heterocycles. The number of imide groups is 1. The van der Waals surface area contributed by atoms with Gasteiger partial charge in [-0.1, -0.05) is 34.1 Å². The van der Waals surface area contributed by atoms with Crippen molar-refractivity contribution in [3.05, 3.63) is 53.4 Å². The topological polar surface area (TPSA) is 123 Å². The molecule has 0 radical (unpaired) electrons. The number of aromatic nitrogens is 2. The first kappa shape index (κ1) is 20.9. The second-order valence-electron chi connectivity index (χ2n) is 7.23. The average Bonchev–Trinajstić information content (AvgIpc) is 3.52. The van der Waals surface area contributed by atoms with Crippen LogP contribution in [0.5, 0.6) is 11.5 Å². The highest BCUT2D eigenvalue weighted by Crippen LogP contribution is 2.37. The van der Waals surface area contributed by atoms with E-state index in [4.69, 9.17) is 25.6 Å². The first-order valence-electron chi connectivity index (χ1n) is 9.86. The predicted octanol–water partition coefficient (Wildman–Crippen LogP) is 2.90. The molecule has 0 bridgehead atoms. The van der Waals surface area contributed by atoms with E-state index in [-0.39, 0.29) is 12.4 Å². The number of fused-ring (bicyclic) bond motifs is 1. The van der Waals surface area contributed by atoms with Crippen LogP contribution in [0.15, 0.2) is 57.3 Å². The molecule has 1 fully saturated rings. The van der Waals surface area contributed by atoms with Crippen LogP contribution >= 0.6 is 11.6 Å². The highest BCUT2D eigenvalue weighted by molar-refractivity contribution is 6.33. The van der Waals surface area contributed by atoms with Gasteiger partial charge in [0.05, 0.1) is 24.9 Å². The van der Waals surface area contributed by atoms with Crippen molar-refractivity contribution in [3.8, 4) is 22.9 Å². The van der Waals surface area contributed by atoms with Crippen LogP contribution in [-0.4, -0.2) is 53.3 Å². The fraction of sp³-hybridized carbons (Fsp3) is 0.238. The van der Waals surface area contributed by atoms with Crippen LogP contribution in [0.2, 0.25) is 5.02 Å². The summed E-state index contributed by atoms with van der Waals surface area (Å²) in [5, 5.41) is 13.8. The normalized spacial score (nSPS) is 19.4. The monoisotopic (exact) mass is 468 g/mol. The molecule has 3 heterocycles. The van der Waals surface area contributed by atoms with Crippen LogP contribution in [0, 0.1) is 0 Å². The van der Waals surface area contributed by atoms with E-state index in [1.54, 1.807) is 36.4 Å². The molecule has 2 aromatic carbocycles. The number of ether oxygens (including phenoxy) is 2. The minimum absolute atomic E-state index is 0.000906. The molecule has 0 spiro atoms. The second kappa shape index (κ2) is 8.17. The number of rotatable bonds is 6. The molecule has 2 amide bonds. The molecule has 33 heavy (non-hydrogen) atoms. The molecule has 2 aliphatic rings. The van der Waals surface area contributed by atoms with Gasteiger partial charge in [0.2, 0.25) is 11.7 Å². The van der Waals surface area contributed by atoms with Crippen molar-refractivity contribution < 1.29 is 23.6 Å². The van der Waals surface area contributed by atoms with Gasteiger partial charge < -0.3 is 14.0 Å². The van der Waals surface area contributed by atoms with Gasteiger partial charge in [-0.05, 0) is 24.3 Å². The predicted molar refractivity (Wildman–Crippen MR) is 115 cm³/mol. The maximum atomic E-state index is 13.2. The summed E-state index contributed by atoms with van der Waals surface area (Å²) < 4.78 is 15.8. The molecule has 0 aliphatic carbocycles. The highest BCUT2D eigenvalue weighted by atomic mass is 35.5. The molecule has 3 aromatic rings. The second-order valence-corrected chi connectivity index (χ2v) is 7.64. The van der Waals surface area contributed by atoms with Crippen molar-refractivity contribution in [1.29, 1.82) is 0 Å². The summed E-state index contributed by atoms with van der Waals surface area (Å²) in [4.78, 5) is 31.6. The van der Waals surface area contributed by atoms with Crippen molar-refractivity contribution in [2.24, 2.45) is 10.3 Å². The highest BCUT2D eigenvalue weighted by Gasteiger charge is 2.55. The molecule has 0 saturated carbocycles. The number of anilines is 1. The molecule has 2 unspecified atom stereocenters. The largest absolute Gasteiger partial charge is 0.493 e. The third-order valence-corrected chi connectivity index (χ3v) is 5.69. The summed E-state index contributed by atoms with van der Waals surface area (Å²) in [6.45, 7) is 0.000906. The third kappa shape index (κ3) is 3.46. The van der Waals surface area contributed by atoms with Gasteiger partial charge in [0.1, 0.15) is 6.54 Å². The zero-order valence-corrected chi connectivity index (χ0v) is 18.3. The molecule has 12 heteroatoms. The number of hydrogen-bond donors (Lipinski definition) is 0. The first-order valence-corrected chi connectivity index (χ1v) is 10.2. The Morgan fingerprint density at radius 3 is 2.61 bits per heavy atom. The van der Waals surface area contributed by atoms with E-state index < -0.39 is 23.9 Å². The molecule has 11 nitrogen and oxygen atoms in total. The van der Waals surface area contributed by atoms with Gasteiger partial charge in [-0.25, -0.2) is 4.90 Å². The van der Waals surface area contributed by atoms with Crippen LogP contribution in [0.4, 0.5) is 5.69 Å². The lowest BCUT2D eigenvalue weighted by Crippen LogP contribution is -2.39. The fourth-order valence-electron chi connectivity index (χ4n) is 3.78. The number of carbonyl (C=O) groups excluding carboxylic acids is 2. The van der Waals surface area contributed by atoms with Crippen molar-refractivity contribution in [2.45, 2.75) is 18.6 Å². The quantitative estimate of drug-likeness (QED) is 0.506. The SMILES string of the molecule is COc1ccc(N2C(=O)C3N=NN(Cc4nc(-c5ccccc5Cl)no4)C3C2=O)cc1OC. The minimum atomic E-state index is -0.962. The summed E-state index contributed by atoms with van der Waals surface area (Å²) in [6.07, 6.45) is 0. The molecule has 5 rings (SSSR count). The Labute approximate surface area is 192 Å². The summed E-state index contributed by atoms with van der Waals surface area (Å²) in [5.74, 6) is 0.439. The lowest BCUT2D eigenvalue weighted by atomic mass is 10.1. The summed E-state index contributed by atoms with van der Waals surface area (Å²) >= 11 is 6.19. The van der Waals surface area contributed by atoms with Crippen molar-refractivity contribution in [2.75, 3.05) is 19.1 Å². The maximum absolute atomic E-state index is 13.2. The molecule has 2 atom stereocenters. The van der Waals surface area contributed by atoms with Crippen LogP contribution in [0.25, 0.3) is 11.4 Å². The Kier molecular flexibility index (Phi) is 5.17. The third-order valence-electron chi connectivity index (χ3n) is 5.36. The van der Waals surface area contributed by atoms with Crippen LogP contribution < -0.4 is 14.4 Å². The summed E-state index contributed by atoms with van der Waals surface area (Å²) in [7, 11) is 2.97. The van der Waals surface area contributed by atoms with Crippen molar-refractivity contribution >= 4 is 29.1 Å². The molecule has 1 aromatic heterocycles. The summed E-state index contributed by atoms with van der Waals surface area (Å²) in [5.41, 5.74) is 0.966. The standard InChI is InChI=1S/C21H17ClN6O5/c1-31-14-8-7-11(9-15(14)32-2)28-20(29)17-18(21(28)30)27(26-24-17)10-16-23-19(25-33-16)12-5-3-4-6-13(12)22/h3-9,17-18H,10H2,1-2H3. The zero-order chi connectivity index (χ0) is 23.1. The first-order chi connectivity index (χ1) is 16.0. The number of nitrogens with zero attached hydrogens (tertiary/aromatic N) is 6. The molecular weight excluding hydrogens is 452 g/mol. The van der Waals surface area contributed by atoms with Gasteiger partial charge >= 0.3 is 0 Å². The number of benzene rings is 2. The lowest BCUT2D eigenvalue weighted by Gasteiger charge is -2.20. The van der Waals surface area contributed by atoms with Gasteiger partial charge in [0.15, 0.2) is 23.6 Å². The van der Waals surface area contributed by atoms with Crippen LogP contribution in [0.1, 0.15) is 5.89 Å². The smallest absolute Gasteiger partial charge is 0.263 e. The Morgan fingerprint density at radius 2 is 1.85 bits per heavy atom. The van der Waals surface area contributed by atoms with Crippen LogP contribution in [0.3, 0.4) is 0 Å². The van der Waals surface area contributed by atoms with E-state index in [1.165, 1.54) is 19.2 Å². The number of hydrogen-bond acceptors (Lipinski definition) is 10. The van der Waals surface area contributed by atoms with E-state index in [0.717, 1.165) is 4.90 Å². The van der Waals surface area contributed by atoms with Crippen molar-refractivity contribution in [1.82, 2.24) is 15.1 Å². The van der Waals surface area contributed by atoms with Crippen molar-refractivity contribution in [3.63, 3.8) is 0 Å². The number of carbonyl (C=O) groups is 2. The number of amides is 2. The van der Waals surface area contributed by atoms with Gasteiger partial charge in [-0.15, -0.1) is 0 Å². The Morgan fingerprint density at radius 1 is 1.06 bits per heavy atom. The van der Waals surface area contributed by atoms with Gasteiger partial charge in [-0.3, -0.25) is 14.6 Å². The van der Waals surface area contributed by atoms with E-state index in [2.05, 4.69) is 20.5 Å². The Bertz CT molecular complexity index is 1280. The minimum Gasteiger partial charge on any atom is -0.493 e. The van der Waals surface area contributed by atoms with Gasteiger partial charge in [0.25, 0.3) is 11.8 Å². The molecule has 0 N–H and O–H groups in total. The fourth-order valence-corrected chi connectivity index (χ4v) is 4.00. The van der Waals surface area contributed by atoms with Gasteiger partial charge in [0, 0.05) is 11.6 Å². The maximum Gasteiger partial charge on any atom is 0.263 e. The number of halogens is 1. The average molecular weight is 469 g/mol. The zero-order valence-electron chi connectivity index (χ0n) is 17.5. The van der Waals surface area contributed by atoms with E-state index in [1.807, 2.05) is 6.07 Å². The Balaban J connectivity index is 1.38. The van der Waals surface area contributed by atoms with Gasteiger partial charge in [-0.2, -0.15) is 10.1 Å². The van der Waals surface area contributed by atoms with E-state index >= 15 is 0 Å². The van der Waals surface area contributed by atoms with E-state index in [9.17, 15) is 9.59 Å². The summed E-state index contributed by atoms with van der Waals surface area (Å²) in [6, 6.07) is 10.0. The van der Waals surface area contributed by atoms with E-state index in [0.29, 0.717) is 33.6 Å². The molecule has 2 aliphatic heterocycles. The molecular formula is C21H17ClN6O5. The van der Waals surface area contributed by atoms with Crippen LogP contribution in [-0.2, 0) is 16.1 Å².